The first-order chi connectivity index (χ1) is 11.8. The largest absolute Gasteiger partial charge is 0.368 e. The topological polar surface area (TPSA) is 45.4 Å². The van der Waals surface area contributed by atoms with E-state index in [1.165, 1.54) is 11.3 Å². The summed E-state index contributed by atoms with van der Waals surface area (Å²) in [6, 6.07) is 13.0. The van der Waals surface area contributed by atoms with E-state index in [0.717, 1.165) is 31.6 Å². The summed E-state index contributed by atoms with van der Waals surface area (Å²) in [5.41, 5.74) is 9.88. The zero-order valence-corrected chi connectivity index (χ0v) is 14.4. The maximum atomic E-state index is 6.20. The molecule has 2 aromatic rings. The Morgan fingerprint density at radius 3 is 2.83 bits per heavy atom. The second-order valence-corrected chi connectivity index (χ2v) is 7.30. The number of pyridine rings is 1. The van der Waals surface area contributed by atoms with Gasteiger partial charge in [0.1, 0.15) is 5.37 Å². The summed E-state index contributed by atoms with van der Waals surface area (Å²) < 4.78 is 0. The second-order valence-electron chi connectivity index (χ2n) is 6.30. The van der Waals surface area contributed by atoms with E-state index in [2.05, 4.69) is 62.8 Å². The molecule has 3 heterocycles. The normalized spacial score (nSPS) is 23.7. The van der Waals surface area contributed by atoms with Gasteiger partial charge in [-0.2, -0.15) is 0 Å². The molecule has 2 unspecified atom stereocenters. The van der Waals surface area contributed by atoms with Crippen molar-refractivity contribution in [2.45, 2.75) is 24.3 Å². The first-order valence-corrected chi connectivity index (χ1v) is 9.37. The van der Waals surface area contributed by atoms with E-state index in [1.807, 2.05) is 24.2 Å². The fourth-order valence-corrected chi connectivity index (χ4v) is 4.44. The summed E-state index contributed by atoms with van der Waals surface area (Å²) in [6.07, 6.45) is 8.27. The molecule has 0 radical (unpaired) electrons. The number of hydrogen-bond acceptors (Lipinski definition) is 5. The number of rotatable bonds is 3. The Morgan fingerprint density at radius 1 is 1.12 bits per heavy atom. The molecule has 0 saturated carbocycles. The van der Waals surface area contributed by atoms with Gasteiger partial charge >= 0.3 is 0 Å². The van der Waals surface area contributed by atoms with Crippen LogP contribution in [0.15, 0.2) is 60.4 Å². The molecule has 4 nitrogen and oxygen atoms in total. The van der Waals surface area contributed by atoms with Crippen molar-refractivity contribution < 1.29 is 0 Å². The van der Waals surface area contributed by atoms with Crippen molar-refractivity contribution in [2.24, 2.45) is 5.73 Å². The third-order valence-corrected chi connectivity index (χ3v) is 5.66. The first-order valence-electron chi connectivity index (χ1n) is 8.43. The molecule has 1 saturated heterocycles. The van der Waals surface area contributed by atoms with Gasteiger partial charge in [0.25, 0.3) is 0 Å². The number of aromatic nitrogens is 1. The van der Waals surface area contributed by atoms with Crippen molar-refractivity contribution in [1.29, 1.82) is 0 Å². The molecule has 0 bridgehead atoms. The quantitative estimate of drug-likeness (QED) is 0.924. The van der Waals surface area contributed by atoms with Crippen LogP contribution in [-0.4, -0.2) is 24.1 Å². The highest BCUT2D eigenvalue weighted by atomic mass is 32.2. The molecular formula is C19H22N4S. The van der Waals surface area contributed by atoms with Crippen LogP contribution in [0.2, 0.25) is 0 Å². The van der Waals surface area contributed by atoms with Crippen LogP contribution in [0.25, 0.3) is 0 Å². The number of nitrogens with zero attached hydrogens (tertiary/aromatic N) is 3. The molecule has 2 aliphatic rings. The highest BCUT2D eigenvalue weighted by Gasteiger charge is 2.27. The van der Waals surface area contributed by atoms with Crippen LogP contribution in [0.1, 0.15) is 23.8 Å². The predicted octanol–water partition coefficient (Wildman–Crippen LogP) is 3.73. The minimum atomic E-state index is 0.257. The lowest BCUT2D eigenvalue weighted by Crippen LogP contribution is -2.43. The van der Waals surface area contributed by atoms with E-state index in [9.17, 15) is 0 Å². The Kier molecular flexibility index (Phi) is 4.45. The molecular weight excluding hydrogens is 316 g/mol. The van der Waals surface area contributed by atoms with Gasteiger partial charge in [0.05, 0.1) is 17.6 Å². The maximum Gasteiger partial charge on any atom is 0.109 e. The Balaban J connectivity index is 1.67. The summed E-state index contributed by atoms with van der Waals surface area (Å²) in [4.78, 5) is 9.12. The second kappa shape index (κ2) is 6.87. The van der Waals surface area contributed by atoms with E-state index in [1.54, 1.807) is 0 Å². The Hall–Kier alpha value is -1.98. The molecule has 2 N–H and O–H groups in total. The molecule has 2 atom stereocenters. The molecule has 0 amide bonds. The molecule has 5 heteroatoms. The van der Waals surface area contributed by atoms with Crippen LogP contribution < -0.4 is 15.5 Å². The van der Waals surface area contributed by atoms with Gasteiger partial charge < -0.3 is 15.5 Å². The van der Waals surface area contributed by atoms with Crippen molar-refractivity contribution in [3.63, 3.8) is 0 Å². The number of benzene rings is 1. The SMILES string of the molecule is NC1CCCN(c2ccncc2N2C=CSC2c2ccccc2)C1. The van der Waals surface area contributed by atoms with Crippen LogP contribution in [0.5, 0.6) is 0 Å². The van der Waals surface area contributed by atoms with E-state index in [-0.39, 0.29) is 11.4 Å². The van der Waals surface area contributed by atoms with Crippen LogP contribution in [-0.2, 0) is 0 Å². The standard InChI is InChI=1S/C19H22N4S/c20-16-7-4-10-22(14-16)17-8-9-21-13-18(17)23-11-12-24-19(23)15-5-2-1-3-6-15/h1-3,5-6,8-9,11-13,16,19H,4,7,10,14,20H2. The lowest BCUT2D eigenvalue weighted by Gasteiger charge is -2.36. The van der Waals surface area contributed by atoms with Crippen LogP contribution in [0.4, 0.5) is 11.4 Å². The van der Waals surface area contributed by atoms with Crippen molar-refractivity contribution in [3.8, 4) is 0 Å². The van der Waals surface area contributed by atoms with Gasteiger partial charge in [-0.15, -0.1) is 11.8 Å². The molecule has 4 rings (SSSR count). The molecule has 24 heavy (non-hydrogen) atoms. The molecule has 1 aromatic carbocycles. The number of hydrogen-bond donors (Lipinski definition) is 1. The molecule has 0 spiro atoms. The number of thioether (sulfide) groups is 1. The van der Waals surface area contributed by atoms with E-state index in [4.69, 9.17) is 5.73 Å². The minimum absolute atomic E-state index is 0.257. The number of nitrogens with two attached hydrogens (primary N) is 1. The average Bonchev–Trinajstić information content (AvgIpc) is 3.12. The third-order valence-electron chi connectivity index (χ3n) is 4.62. The van der Waals surface area contributed by atoms with Gasteiger partial charge in [-0.1, -0.05) is 30.3 Å². The summed E-state index contributed by atoms with van der Waals surface area (Å²) in [6.45, 7) is 1.98. The van der Waals surface area contributed by atoms with Gasteiger partial charge in [-0.05, 0) is 29.9 Å². The Morgan fingerprint density at radius 2 is 2.00 bits per heavy atom. The molecule has 1 fully saturated rings. The summed E-state index contributed by atoms with van der Waals surface area (Å²) >= 11 is 1.83. The van der Waals surface area contributed by atoms with Crippen LogP contribution in [0.3, 0.4) is 0 Å². The van der Waals surface area contributed by atoms with Gasteiger partial charge in [0, 0.05) is 31.5 Å². The maximum absolute atomic E-state index is 6.20. The minimum Gasteiger partial charge on any atom is -0.368 e. The fourth-order valence-electron chi connectivity index (χ4n) is 3.46. The monoisotopic (exact) mass is 338 g/mol. The van der Waals surface area contributed by atoms with Gasteiger partial charge in [-0.25, -0.2) is 0 Å². The van der Waals surface area contributed by atoms with Gasteiger partial charge in [0.2, 0.25) is 0 Å². The average molecular weight is 338 g/mol. The zero-order chi connectivity index (χ0) is 16.4. The lowest BCUT2D eigenvalue weighted by atomic mass is 10.1. The van der Waals surface area contributed by atoms with Crippen molar-refractivity contribution in [1.82, 2.24) is 4.98 Å². The lowest BCUT2D eigenvalue weighted by molar-refractivity contribution is 0.506. The van der Waals surface area contributed by atoms with Crippen molar-refractivity contribution in [2.75, 3.05) is 22.9 Å². The van der Waals surface area contributed by atoms with Crippen molar-refractivity contribution >= 4 is 23.1 Å². The highest BCUT2D eigenvalue weighted by Crippen LogP contribution is 2.44. The van der Waals surface area contributed by atoms with E-state index < -0.39 is 0 Å². The van der Waals surface area contributed by atoms with Crippen molar-refractivity contribution in [3.05, 3.63) is 66.0 Å². The van der Waals surface area contributed by atoms with Gasteiger partial charge in [-0.3, -0.25) is 4.98 Å². The zero-order valence-electron chi connectivity index (χ0n) is 13.6. The van der Waals surface area contributed by atoms with Crippen LogP contribution >= 0.6 is 11.8 Å². The molecule has 2 aliphatic heterocycles. The first kappa shape index (κ1) is 15.5. The molecule has 0 aliphatic carbocycles. The summed E-state index contributed by atoms with van der Waals surface area (Å²) in [5.74, 6) is 0. The number of anilines is 2. The molecule has 1 aromatic heterocycles. The summed E-state index contributed by atoms with van der Waals surface area (Å²) in [7, 11) is 0. The molecule has 124 valence electrons. The predicted molar refractivity (Wildman–Crippen MR) is 102 cm³/mol. The van der Waals surface area contributed by atoms with E-state index >= 15 is 0 Å². The van der Waals surface area contributed by atoms with Crippen LogP contribution in [0, 0.1) is 0 Å². The summed E-state index contributed by atoms with van der Waals surface area (Å²) in [5, 5.41) is 2.42. The Bertz CT molecular complexity index is 718. The van der Waals surface area contributed by atoms with E-state index in [0.29, 0.717) is 0 Å². The third kappa shape index (κ3) is 3.01. The highest BCUT2D eigenvalue weighted by molar-refractivity contribution is 8.02. The number of piperidine rings is 1. The fraction of sp³-hybridized carbons (Fsp3) is 0.316. The smallest absolute Gasteiger partial charge is 0.109 e. The Labute approximate surface area is 147 Å². The van der Waals surface area contributed by atoms with Gasteiger partial charge in [0.15, 0.2) is 0 Å².